The molecule has 0 bridgehead atoms. The molecular weight excluding hydrogens is 422 g/mol. The number of ketones is 1. The Bertz CT molecular complexity index is 997. The van der Waals surface area contributed by atoms with E-state index in [0.717, 1.165) is 30.8 Å². The van der Waals surface area contributed by atoms with Gasteiger partial charge in [0.25, 0.3) is 5.69 Å². The molecule has 1 N–H and O–H groups in total. The van der Waals surface area contributed by atoms with Crippen molar-refractivity contribution in [1.82, 2.24) is 5.32 Å². The highest BCUT2D eigenvalue weighted by Crippen LogP contribution is 2.31. The Kier molecular flexibility index (Phi) is 7.35. The lowest BCUT2D eigenvalue weighted by atomic mass is 10.1. The molecule has 3 rings (SSSR count). The molecule has 0 saturated carbocycles. The second-order valence-corrected chi connectivity index (χ2v) is 8.32. The Morgan fingerprint density at radius 3 is 2.61 bits per heavy atom. The van der Waals surface area contributed by atoms with Crippen molar-refractivity contribution >= 4 is 40.4 Å². The minimum absolute atomic E-state index is 0.0321. The minimum atomic E-state index is -0.785. The number of hydrogen-bond donors (Lipinski definition) is 1. The quantitative estimate of drug-likeness (QED) is 0.273. The van der Waals surface area contributed by atoms with E-state index in [0.29, 0.717) is 23.5 Å². The van der Waals surface area contributed by atoms with Gasteiger partial charge < -0.3 is 15.0 Å². The van der Waals surface area contributed by atoms with E-state index >= 15 is 0 Å². The number of thiophene rings is 1. The maximum Gasteiger partial charge on any atom is 0.338 e. The fourth-order valence-corrected chi connectivity index (χ4v) is 4.26. The van der Waals surface area contributed by atoms with Gasteiger partial charge in [0.15, 0.2) is 6.61 Å². The fourth-order valence-electron chi connectivity index (χ4n) is 3.33. The molecule has 164 valence electrons. The zero-order valence-corrected chi connectivity index (χ0v) is 17.9. The molecule has 0 aliphatic carbocycles. The van der Waals surface area contributed by atoms with Crippen molar-refractivity contribution in [2.75, 3.05) is 31.1 Å². The SMILES string of the molecule is CC(=O)NCCc1ccc(C(=O)COC(=O)c2ccc(N3CCCC3)c([N+](=O)[O-])c2)s1. The van der Waals surface area contributed by atoms with Crippen molar-refractivity contribution in [2.24, 2.45) is 0 Å². The number of amides is 1. The van der Waals surface area contributed by atoms with Gasteiger partial charge >= 0.3 is 5.97 Å². The molecule has 1 fully saturated rings. The number of benzene rings is 1. The van der Waals surface area contributed by atoms with Gasteiger partial charge in [0.05, 0.1) is 15.4 Å². The van der Waals surface area contributed by atoms with Gasteiger partial charge in [-0.15, -0.1) is 11.3 Å². The molecule has 9 nitrogen and oxygen atoms in total. The number of carbonyl (C=O) groups excluding carboxylic acids is 3. The smallest absolute Gasteiger partial charge is 0.338 e. The molecule has 0 unspecified atom stereocenters. The van der Waals surface area contributed by atoms with Crippen LogP contribution in [0.1, 0.15) is 44.7 Å². The van der Waals surface area contributed by atoms with E-state index in [1.807, 2.05) is 4.90 Å². The highest BCUT2D eigenvalue weighted by molar-refractivity contribution is 7.14. The molecule has 1 aliphatic rings. The Hall–Kier alpha value is -3.27. The number of carbonyl (C=O) groups is 3. The van der Waals surface area contributed by atoms with E-state index in [1.54, 1.807) is 18.2 Å². The lowest BCUT2D eigenvalue weighted by Gasteiger charge is -2.17. The van der Waals surface area contributed by atoms with Crippen LogP contribution in [0.4, 0.5) is 11.4 Å². The predicted molar refractivity (Wildman–Crippen MR) is 116 cm³/mol. The van der Waals surface area contributed by atoms with Crippen LogP contribution in [0, 0.1) is 10.1 Å². The van der Waals surface area contributed by atoms with Crippen LogP contribution < -0.4 is 10.2 Å². The molecule has 0 radical (unpaired) electrons. The monoisotopic (exact) mass is 445 g/mol. The number of nitrogens with zero attached hydrogens (tertiary/aromatic N) is 2. The summed E-state index contributed by atoms with van der Waals surface area (Å²) in [4.78, 5) is 49.8. The number of hydrogen-bond acceptors (Lipinski definition) is 8. The topological polar surface area (TPSA) is 119 Å². The number of rotatable bonds is 9. The largest absolute Gasteiger partial charge is 0.454 e. The van der Waals surface area contributed by atoms with Crippen molar-refractivity contribution in [3.8, 4) is 0 Å². The summed E-state index contributed by atoms with van der Waals surface area (Å²) in [5.41, 5.74) is 0.370. The summed E-state index contributed by atoms with van der Waals surface area (Å²) in [6, 6.07) is 7.69. The molecule has 1 aliphatic heterocycles. The average Bonchev–Trinajstić information content (AvgIpc) is 3.43. The van der Waals surface area contributed by atoms with Gasteiger partial charge in [-0.25, -0.2) is 4.79 Å². The Labute approximate surface area is 183 Å². The van der Waals surface area contributed by atoms with E-state index in [9.17, 15) is 24.5 Å². The number of nitro benzene ring substituents is 1. The molecule has 2 aromatic rings. The first kappa shape index (κ1) is 22.4. The third-order valence-corrected chi connectivity index (χ3v) is 6.06. The Morgan fingerprint density at radius 1 is 1.19 bits per heavy atom. The molecule has 1 aromatic heterocycles. The minimum Gasteiger partial charge on any atom is -0.454 e. The van der Waals surface area contributed by atoms with Crippen LogP contribution in [0.25, 0.3) is 0 Å². The second-order valence-electron chi connectivity index (χ2n) is 7.15. The van der Waals surface area contributed by atoms with E-state index in [2.05, 4.69) is 5.32 Å². The molecular formula is C21H23N3O6S. The molecule has 1 aromatic carbocycles. The summed E-state index contributed by atoms with van der Waals surface area (Å²) < 4.78 is 5.09. The van der Waals surface area contributed by atoms with Gasteiger partial charge in [0.2, 0.25) is 11.7 Å². The summed E-state index contributed by atoms with van der Waals surface area (Å²) in [5.74, 6) is -1.26. The van der Waals surface area contributed by atoms with Gasteiger partial charge in [0.1, 0.15) is 5.69 Å². The highest BCUT2D eigenvalue weighted by atomic mass is 32.1. The normalized spacial score (nSPS) is 13.1. The number of nitro groups is 1. The van der Waals surface area contributed by atoms with Gasteiger partial charge in [-0.05, 0) is 43.5 Å². The molecule has 0 atom stereocenters. The third-order valence-electron chi connectivity index (χ3n) is 4.87. The first-order chi connectivity index (χ1) is 14.8. The third kappa shape index (κ3) is 5.88. The number of anilines is 1. The maximum atomic E-state index is 12.4. The van der Waals surface area contributed by atoms with E-state index < -0.39 is 17.5 Å². The number of Topliss-reactive ketones (excluding diaryl/α,β-unsaturated/α-hetero) is 1. The van der Waals surface area contributed by atoms with Crippen LogP contribution in [-0.4, -0.2) is 48.8 Å². The van der Waals surface area contributed by atoms with Crippen LogP contribution in [0.3, 0.4) is 0 Å². The van der Waals surface area contributed by atoms with Gasteiger partial charge in [-0.1, -0.05) is 0 Å². The van der Waals surface area contributed by atoms with Crippen LogP contribution in [0.15, 0.2) is 30.3 Å². The van der Waals surface area contributed by atoms with Crippen LogP contribution in [0.2, 0.25) is 0 Å². The average molecular weight is 445 g/mol. The summed E-state index contributed by atoms with van der Waals surface area (Å²) in [7, 11) is 0. The predicted octanol–water partition coefficient (Wildman–Crippen LogP) is 2.97. The lowest BCUT2D eigenvalue weighted by Crippen LogP contribution is -2.22. The van der Waals surface area contributed by atoms with Gasteiger partial charge in [-0.2, -0.15) is 0 Å². The summed E-state index contributed by atoms with van der Waals surface area (Å²) in [6.07, 6.45) is 2.55. The Balaban J connectivity index is 1.59. The Morgan fingerprint density at radius 2 is 1.94 bits per heavy atom. The van der Waals surface area contributed by atoms with Gasteiger partial charge in [-0.3, -0.25) is 19.7 Å². The van der Waals surface area contributed by atoms with E-state index in [-0.39, 0.29) is 22.9 Å². The van der Waals surface area contributed by atoms with Crippen molar-refractivity contribution in [1.29, 1.82) is 0 Å². The first-order valence-electron chi connectivity index (χ1n) is 9.92. The molecule has 31 heavy (non-hydrogen) atoms. The van der Waals surface area contributed by atoms with E-state index in [1.165, 1.54) is 30.4 Å². The second kappa shape index (κ2) is 10.2. The van der Waals surface area contributed by atoms with Crippen molar-refractivity contribution < 1.29 is 24.0 Å². The van der Waals surface area contributed by atoms with Crippen LogP contribution in [-0.2, 0) is 16.0 Å². The summed E-state index contributed by atoms with van der Waals surface area (Å²) in [6.45, 7) is 2.95. The fraction of sp³-hybridized carbons (Fsp3) is 0.381. The van der Waals surface area contributed by atoms with Crippen LogP contribution in [0.5, 0.6) is 0 Å². The number of ether oxygens (including phenoxy) is 1. The zero-order valence-electron chi connectivity index (χ0n) is 17.1. The maximum absolute atomic E-state index is 12.4. The van der Waals surface area contributed by atoms with Gasteiger partial charge in [0, 0.05) is 37.5 Å². The van der Waals surface area contributed by atoms with E-state index in [4.69, 9.17) is 4.74 Å². The first-order valence-corrected chi connectivity index (χ1v) is 10.7. The number of nitrogens with one attached hydrogen (secondary N) is 1. The lowest BCUT2D eigenvalue weighted by molar-refractivity contribution is -0.384. The standard InChI is InChI=1S/C21H23N3O6S/c1-14(25)22-9-8-16-5-7-20(31-16)19(26)13-30-21(27)15-4-6-17(18(12-15)24(28)29)23-10-2-3-11-23/h4-7,12H,2-3,8-11,13H2,1H3,(H,22,25). The number of esters is 1. The highest BCUT2D eigenvalue weighted by Gasteiger charge is 2.24. The summed E-state index contributed by atoms with van der Waals surface area (Å²) >= 11 is 1.28. The molecule has 1 saturated heterocycles. The van der Waals surface area contributed by atoms with Crippen molar-refractivity contribution in [3.63, 3.8) is 0 Å². The van der Waals surface area contributed by atoms with Crippen molar-refractivity contribution in [2.45, 2.75) is 26.2 Å². The van der Waals surface area contributed by atoms with Crippen LogP contribution >= 0.6 is 11.3 Å². The summed E-state index contributed by atoms with van der Waals surface area (Å²) in [5, 5.41) is 14.2. The molecule has 2 heterocycles. The molecule has 1 amide bonds. The zero-order chi connectivity index (χ0) is 22.4. The van der Waals surface area contributed by atoms with Crippen molar-refractivity contribution in [3.05, 3.63) is 55.8 Å². The molecule has 10 heteroatoms. The molecule has 0 spiro atoms.